The maximum Gasteiger partial charge on any atom is 0.437 e. The van der Waals surface area contributed by atoms with E-state index in [0.29, 0.717) is 10.7 Å². The van der Waals surface area contributed by atoms with Crippen LogP contribution in [0.15, 0.2) is 53.7 Å². The molecular weight excluding hydrogens is 292 g/mol. The Bertz CT molecular complexity index is 624. The first-order valence-electron chi connectivity index (χ1n) is 6.08. The zero-order valence-electron chi connectivity index (χ0n) is 11.2. The Kier molecular flexibility index (Phi) is 5.17. The molecule has 0 aliphatic heterocycles. The van der Waals surface area contributed by atoms with Crippen molar-refractivity contribution in [3.63, 3.8) is 0 Å². The largest absolute Gasteiger partial charge is 0.497 e. The minimum absolute atomic E-state index is 0.573. The molecule has 0 saturated heterocycles. The van der Waals surface area contributed by atoms with E-state index in [0.717, 1.165) is 11.3 Å². The van der Waals surface area contributed by atoms with Gasteiger partial charge in [0.15, 0.2) is 0 Å². The van der Waals surface area contributed by atoms with Crippen LogP contribution in [0.1, 0.15) is 5.56 Å². The van der Waals surface area contributed by atoms with Gasteiger partial charge in [-0.3, -0.25) is 10.2 Å². The lowest BCUT2D eigenvalue weighted by atomic mass is 10.2. The number of oxime groups is 1. The smallest absolute Gasteiger partial charge is 0.437 e. The average molecular weight is 305 g/mol. The molecule has 1 N–H and O–H groups in total. The van der Waals surface area contributed by atoms with Crippen molar-refractivity contribution in [2.75, 3.05) is 12.4 Å². The molecule has 21 heavy (non-hydrogen) atoms. The summed E-state index contributed by atoms with van der Waals surface area (Å²) < 4.78 is 5.04. The van der Waals surface area contributed by atoms with E-state index >= 15 is 0 Å². The highest BCUT2D eigenvalue weighted by Gasteiger charge is 2.02. The predicted molar refractivity (Wildman–Crippen MR) is 82.1 cm³/mol. The molecule has 0 aliphatic carbocycles. The molecule has 2 aromatic carbocycles. The molecule has 0 bridgehead atoms. The summed E-state index contributed by atoms with van der Waals surface area (Å²) in [6.45, 7) is 0. The number of carbonyl (C=O) groups excluding carboxylic acids is 1. The lowest BCUT2D eigenvalue weighted by Crippen LogP contribution is -2.10. The van der Waals surface area contributed by atoms with Crippen LogP contribution < -0.4 is 10.1 Å². The third-order valence-electron chi connectivity index (χ3n) is 2.54. The Hall–Kier alpha value is -2.53. The lowest BCUT2D eigenvalue weighted by Gasteiger charge is -2.02. The molecule has 5 nitrogen and oxygen atoms in total. The number of benzene rings is 2. The van der Waals surface area contributed by atoms with Crippen LogP contribution in [0.3, 0.4) is 0 Å². The fourth-order valence-corrected chi connectivity index (χ4v) is 1.62. The number of nitrogens with zero attached hydrogens (tertiary/aromatic N) is 1. The van der Waals surface area contributed by atoms with Crippen molar-refractivity contribution in [1.82, 2.24) is 0 Å². The van der Waals surface area contributed by atoms with Crippen molar-refractivity contribution in [2.24, 2.45) is 5.16 Å². The molecular formula is C15H13ClN2O3. The van der Waals surface area contributed by atoms with Crippen molar-refractivity contribution >= 4 is 29.6 Å². The summed E-state index contributed by atoms with van der Waals surface area (Å²) in [6.07, 6.45) is 0.753. The van der Waals surface area contributed by atoms with E-state index in [-0.39, 0.29) is 0 Å². The van der Waals surface area contributed by atoms with Crippen molar-refractivity contribution in [3.05, 3.63) is 59.1 Å². The summed E-state index contributed by atoms with van der Waals surface area (Å²) in [5.74, 6) is 0.744. The summed E-state index contributed by atoms with van der Waals surface area (Å²) in [6, 6.07) is 13.8. The van der Waals surface area contributed by atoms with Crippen LogP contribution in [0.25, 0.3) is 0 Å². The molecule has 0 heterocycles. The molecule has 0 aromatic heterocycles. The van der Waals surface area contributed by atoms with Gasteiger partial charge in [-0.25, -0.2) is 4.79 Å². The molecule has 0 atom stereocenters. The maximum absolute atomic E-state index is 11.5. The van der Waals surface area contributed by atoms with Gasteiger partial charge in [0.1, 0.15) is 5.75 Å². The minimum Gasteiger partial charge on any atom is -0.497 e. The minimum atomic E-state index is -0.679. The Morgan fingerprint density at radius 1 is 1.14 bits per heavy atom. The summed E-state index contributed by atoms with van der Waals surface area (Å²) >= 11 is 5.74. The zero-order chi connectivity index (χ0) is 15.1. The maximum atomic E-state index is 11.5. The fourth-order valence-electron chi connectivity index (χ4n) is 1.50. The molecule has 2 rings (SSSR count). The van der Waals surface area contributed by atoms with Crippen molar-refractivity contribution in [2.45, 2.75) is 0 Å². The van der Waals surface area contributed by atoms with Gasteiger partial charge < -0.3 is 4.74 Å². The second kappa shape index (κ2) is 7.31. The number of carbonyl (C=O) groups is 1. The van der Waals surface area contributed by atoms with Gasteiger partial charge >= 0.3 is 6.09 Å². The molecule has 0 aliphatic rings. The number of halogens is 1. The second-order valence-electron chi connectivity index (χ2n) is 4.02. The quantitative estimate of drug-likeness (QED) is 0.529. The monoisotopic (exact) mass is 304 g/mol. The Balaban J connectivity index is 1.85. The van der Waals surface area contributed by atoms with E-state index in [4.69, 9.17) is 21.2 Å². The number of anilines is 1. The van der Waals surface area contributed by atoms with E-state index < -0.39 is 6.09 Å². The SMILES string of the molecule is COc1ccc(C=NOC(=O)Nc2ccc(Cl)cc2)cc1. The van der Waals surface area contributed by atoms with Crippen LogP contribution in [0.2, 0.25) is 5.02 Å². The number of nitrogens with one attached hydrogen (secondary N) is 1. The number of hydrogen-bond donors (Lipinski definition) is 1. The lowest BCUT2D eigenvalue weighted by molar-refractivity contribution is 0.167. The number of methoxy groups -OCH3 is 1. The highest BCUT2D eigenvalue weighted by atomic mass is 35.5. The third-order valence-corrected chi connectivity index (χ3v) is 2.80. The third kappa shape index (κ3) is 4.81. The van der Waals surface area contributed by atoms with E-state index in [1.165, 1.54) is 6.21 Å². The topological polar surface area (TPSA) is 59.9 Å². The van der Waals surface area contributed by atoms with Gasteiger partial charge in [0, 0.05) is 10.7 Å². The molecule has 0 saturated carbocycles. The Morgan fingerprint density at radius 2 is 1.81 bits per heavy atom. The van der Waals surface area contributed by atoms with E-state index in [9.17, 15) is 4.79 Å². The van der Waals surface area contributed by atoms with Crippen LogP contribution in [0.4, 0.5) is 10.5 Å². The first-order valence-corrected chi connectivity index (χ1v) is 6.46. The Labute approximate surface area is 127 Å². The van der Waals surface area contributed by atoms with Crippen molar-refractivity contribution in [1.29, 1.82) is 0 Å². The summed E-state index contributed by atoms with van der Waals surface area (Å²) in [7, 11) is 1.59. The first kappa shape index (κ1) is 14.9. The van der Waals surface area contributed by atoms with Crippen molar-refractivity contribution in [3.8, 4) is 5.75 Å². The normalized spacial score (nSPS) is 10.4. The molecule has 2 aromatic rings. The van der Waals surface area contributed by atoms with Gasteiger partial charge in [0.05, 0.1) is 13.3 Å². The standard InChI is InChI=1S/C15H13ClN2O3/c1-20-14-8-2-11(3-9-14)10-17-21-15(19)18-13-6-4-12(16)5-7-13/h2-10H,1H3,(H,18,19). The highest BCUT2D eigenvalue weighted by molar-refractivity contribution is 6.30. The van der Waals surface area contributed by atoms with E-state index in [1.807, 2.05) is 0 Å². The zero-order valence-corrected chi connectivity index (χ0v) is 12.0. The number of amides is 1. The number of rotatable bonds is 4. The number of hydrogen-bond acceptors (Lipinski definition) is 4. The van der Waals surface area contributed by atoms with Crippen LogP contribution in [-0.4, -0.2) is 19.4 Å². The average Bonchev–Trinajstić information content (AvgIpc) is 2.50. The molecule has 0 fully saturated rings. The molecule has 6 heteroatoms. The van der Waals surface area contributed by atoms with Gasteiger partial charge in [0.2, 0.25) is 0 Å². The fraction of sp³-hybridized carbons (Fsp3) is 0.0667. The van der Waals surface area contributed by atoms with Gasteiger partial charge in [-0.2, -0.15) is 0 Å². The Morgan fingerprint density at radius 3 is 2.43 bits per heavy atom. The van der Waals surface area contributed by atoms with Gasteiger partial charge in [0.25, 0.3) is 0 Å². The van der Waals surface area contributed by atoms with Gasteiger partial charge in [-0.1, -0.05) is 16.8 Å². The molecule has 0 unspecified atom stereocenters. The van der Waals surface area contributed by atoms with Gasteiger partial charge in [-0.15, -0.1) is 0 Å². The van der Waals surface area contributed by atoms with Crippen LogP contribution in [0, 0.1) is 0 Å². The molecule has 108 valence electrons. The summed E-state index contributed by atoms with van der Waals surface area (Å²) in [5.41, 5.74) is 1.36. The first-order chi connectivity index (χ1) is 10.2. The highest BCUT2D eigenvalue weighted by Crippen LogP contribution is 2.13. The van der Waals surface area contributed by atoms with Crippen molar-refractivity contribution < 1.29 is 14.4 Å². The number of ether oxygens (including phenoxy) is 1. The summed E-state index contributed by atoms with van der Waals surface area (Å²) in [5, 5.41) is 6.72. The molecule has 0 radical (unpaired) electrons. The predicted octanol–water partition coefficient (Wildman–Crippen LogP) is 3.93. The van der Waals surface area contributed by atoms with E-state index in [1.54, 1.807) is 55.6 Å². The second-order valence-corrected chi connectivity index (χ2v) is 4.45. The van der Waals surface area contributed by atoms with Crippen LogP contribution in [0.5, 0.6) is 5.75 Å². The van der Waals surface area contributed by atoms with Crippen LogP contribution in [-0.2, 0) is 4.84 Å². The van der Waals surface area contributed by atoms with Gasteiger partial charge in [-0.05, 0) is 54.1 Å². The van der Waals surface area contributed by atoms with Crippen LogP contribution >= 0.6 is 11.6 Å². The molecule has 0 spiro atoms. The molecule has 1 amide bonds. The van der Waals surface area contributed by atoms with E-state index in [2.05, 4.69) is 10.5 Å². The summed E-state index contributed by atoms with van der Waals surface area (Å²) in [4.78, 5) is 16.2.